The molecule has 3 aromatic carbocycles. The Kier molecular flexibility index (Phi) is 3.98. The molecule has 4 rings (SSSR count). The molecule has 0 radical (unpaired) electrons. The minimum Gasteiger partial charge on any atom is -0.497 e. The van der Waals surface area contributed by atoms with Gasteiger partial charge in [0.15, 0.2) is 5.60 Å². The predicted octanol–water partition coefficient (Wildman–Crippen LogP) is 4.76. The van der Waals surface area contributed by atoms with Gasteiger partial charge >= 0.3 is 0 Å². The van der Waals surface area contributed by atoms with E-state index < -0.39 is 5.60 Å². The standard InChI is InChI=1S/C22H19NO2/c1-24-20-14-12-17(13-15-20)21-16-22(25-23-21,18-8-4-2-5-9-18)19-10-6-3-7-11-19/h2-15H,16H2,1H3. The maximum absolute atomic E-state index is 6.09. The van der Waals surface area contributed by atoms with Crippen molar-refractivity contribution in [1.29, 1.82) is 0 Å². The van der Waals surface area contributed by atoms with Gasteiger partial charge in [-0.25, -0.2) is 0 Å². The van der Waals surface area contributed by atoms with Gasteiger partial charge in [0.05, 0.1) is 12.8 Å². The first-order chi connectivity index (χ1) is 12.3. The summed E-state index contributed by atoms with van der Waals surface area (Å²) in [6.45, 7) is 0. The number of methoxy groups -OCH3 is 1. The molecule has 3 nitrogen and oxygen atoms in total. The molecule has 0 aromatic heterocycles. The quantitative estimate of drug-likeness (QED) is 0.691. The molecule has 0 unspecified atom stereocenters. The van der Waals surface area contributed by atoms with Crippen molar-refractivity contribution in [2.45, 2.75) is 12.0 Å². The van der Waals surface area contributed by atoms with Gasteiger partial charge in [-0.05, 0) is 29.8 Å². The van der Waals surface area contributed by atoms with Gasteiger partial charge in [0, 0.05) is 17.5 Å². The van der Waals surface area contributed by atoms with Gasteiger partial charge in [-0.2, -0.15) is 0 Å². The Morgan fingerprint density at radius 2 is 1.36 bits per heavy atom. The third-order valence-corrected chi connectivity index (χ3v) is 4.63. The van der Waals surface area contributed by atoms with Crippen LogP contribution in [0.1, 0.15) is 23.1 Å². The highest BCUT2D eigenvalue weighted by molar-refractivity contribution is 6.02. The maximum atomic E-state index is 6.09. The number of benzene rings is 3. The lowest BCUT2D eigenvalue weighted by Gasteiger charge is -2.27. The third-order valence-electron chi connectivity index (χ3n) is 4.63. The van der Waals surface area contributed by atoms with Gasteiger partial charge in [-0.1, -0.05) is 65.8 Å². The lowest BCUT2D eigenvalue weighted by atomic mass is 9.81. The van der Waals surface area contributed by atoms with Crippen LogP contribution < -0.4 is 4.74 Å². The zero-order chi connectivity index (χ0) is 17.1. The van der Waals surface area contributed by atoms with Crippen LogP contribution in [0, 0.1) is 0 Å². The highest BCUT2D eigenvalue weighted by atomic mass is 16.7. The van der Waals surface area contributed by atoms with Crippen molar-refractivity contribution in [3.05, 3.63) is 102 Å². The first kappa shape index (κ1) is 15.5. The van der Waals surface area contributed by atoms with Crippen LogP contribution in [-0.2, 0) is 10.4 Å². The summed E-state index contributed by atoms with van der Waals surface area (Å²) in [5.41, 5.74) is 3.62. The van der Waals surface area contributed by atoms with Gasteiger partial charge in [-0.15, -0.1) is 0 Å². The van der Waals surface area contributed by atoms with E-state index in [0.717, 1.165) is 28.2 Å². The summed E-state index contributed by atoms with van der Waals surface area (Å²) in [5, 5.41) is 4.44. The molecule has 1 aliphatic heterocycles. The van der Waals surface area contributed by atoms with E-state index in [2.05, 4.69) is 29.4 Å². The Morgan fingerprint density at radius 3 is 1.88 bits per heavy atom. The fourth-order valence-electron chi connectivity index (χ4n) is 3.26. The minimum atomic E-state index is -0.586. The fraction of sp³-hybridized carbons (Fsp3) is 0.136. The average molecular weight is 329 g/mol. The van der Waals surface area contributed by atoms with Crippen LogP contribution in [0.5, 0.6) is 5.75 Å². The molecule has 1 heterocycles. The Morgan fingerprint density at radius 1 is 0.800 bits per heavy atom. The Balaban J connectivity index is 1.73. The Labute approximate surface area is 147 Å². The summed E-state index contributed by atoms with van der Waals surface area (Å²) in [4.78, 5) is 6.09. The van der Waals surface area contributed by atoms with Crippen molar-refractivity contribution in [1.82, 2.24) is 0 Å². The molecule has 0 saturated carbocycles. The normalized spacial score (nSPS) is 15.3. The van der Waals surface area contributed by atoms with Gasteiger partial charge in [0.1, 0.15) is 5.75 Å². The molecule has 0 spiro atoms. The van der Waals surface area contributed by atoms with Crippen molar-refractivity contribution in [2.24, 2.45) is 5.16 Å². The van der Waals surface area contributed by atoms with E-state index in [1.54, 1.807) is 7.11 Å². The fourth-order valence-corrected chi connectivity index (χ4v) is 3.26. The zero-order valence-electron chi connectivity index (χ0n) is 14.1. The number of hydrogen-bond acceptors (Lipinski definition) is 3. The topological polar surface area (TPSA) is 30.8 Å². The van der Waals surface area contributed by atoms with E-state index >= 15 is 0 Å². The smallest absolute Gasteiger partial charge is 0.193 e. The molecule has 0 amide bonds. The van der Waals surface area contributed by atoms with Gasteiger partial charge in [0.25, 0.3) is 0 Å². The molecule has 124 valence electrons. The van der Waals surface area contributed by atoms with Crippen molar-refractivity contribution < 1.29 is 9.57 Å². The lowest BCUT2D eigenvalue weighted by molar-refractivity contribution is 0.0112. The van der Waals surface area contributed by atoms with Crippen LogP contribution in [-0.4, -0.2) is 12.8 Å². The molecular weight excluding hydrogens is 310 g/mol. The summed E-state index contributed by atoms with van der Waals surface area (Å²) < 4.78 is 5.24. The number of nitrogens with zero attached hydrogens (tertiary/aromatic N) is 1. The second-order valence-electron chi connectivity index (χ2n) is 6.09. The molecule has 0 N–H and O–H groups in total. The van der Waals surface area contributed by atoms with Crippen molar-refractivity contribution >= 4 is 5.71 Å². The molecule has 25 heavy (non-hydrogen) atoms. The first-order valence-corrected chi connectivity index (χ1v) is 8.32. The SMILES string of the molecule is COc1ccc(C2=NOC(c3ccccc3)(c3ccccc3)C2)cc1. The summed E-state index contributed by atoms with van der Waals surface area (Å²) in [7, 11) is 1.67. The van der Waals surface area contributed by atoms with Crippen LogP contribution in [0.15, 0.2) is 90.1 Å². The number of ether oxygens (including phenoxy) is 1. The Bertz CT molecular complexity index is 831. The largest absolute Gasteiger partial charge is 0.497 e. The summed E-state index contributed by atoms with van der Waals surface area (Å²) in [5.74, 6) is 0.834. The third kappa shape index (κ3) is 2.78. The zero-order valence-corrected chi connectivity index (χ0v) is 14.1. The highest BCUT2D eigenvalue weighted by Crippen LogP contribution is 2.42. The van der Waals surface area contributed by atoms with Crippen LogP contribution in [0.25, 0.3) is 0 Å². The monoisotopic (exact) mass is 329 g/mol. The number of oxime groups is 1. The molecule has 0 fully saturated rings. The lowest BCUT2D eigenvalue weighted by Crippen LogP contribution is -2.28. The summed E-state index contributed by atoms with van der Waals surface area (Å²) in [6, 6.07) is 28.5. The summed E-state index contributed by atoms with van der Waals surface area (Å²) >= 11 is 0. The van der Waals surface area contributed by atoms with Crippen molar-refractivity contribution in [2.75, 3.05) is 7.11 Å². The minimum absolute atomic E-state index is 0.586. The number of rotatable bonds is 4. The van der Waals surface area contributed by atoms with Gasteiger partial charge < -0.3 is 9.57 Å². The van der Waals surface area contributed by atoms with Crippen LogP contribution in [0.2, 0.25) is 0 Å². The molecule has 3 aromatic rings. The number of hydrogen-bond donors (Lipinski definition) is 0. The van der Waals surface area contributed by atoms with Crippen LogP contribution in [0.3, 0.4) is 0 Å². The molecule has 0 atom stereocenters. The predicted molar refractivity (Wildman–Crippen MR) is 98.9 cm³/mol. The molecule has 3 heteroatoms. The molecule has 0 bridgehead atoms. The average Bonchev–Trinajstić information content (AvgIpc) is 3.16. The second-order valence-corrected chi connectivity index (χ2v) is 6.09. The van der Waals surface area contributed by atoms with E-state index in [-0.39, 0.29) is 0 Å². The summed E-state index contributed by atoms with van der Waals surface area (Å²) in [6.07, 6.45) is 0.688. The highest BCUT2D eigenvalue weighted by Gasteiger charge is 2.42. The van der Waals surface area contributed by atoms with Crippen molar-refractivity contribution in [3.8, 4) is 5.75 Å². The van der Waals surface area contributed by atoms with E-state index in [4.69, 9.17) is 9.57 Å². The van der Waals surface area contributed by atoms with E-state index in [1.807, 2.05) is 60.7 Å². The van der Waals surface area contributed by atoms with Gasteiger partial charge in [-0.3, -0.25) is 0 Å². The Hall–Kier alpha value is -3.07. The molecule has 0 aliphatic carbocycles. The second kappa shape index (κ2) is 6.44. The molecule has 1 aliphatic rings. The maximum Gasteiger partial charge on any atom is 0.193 e. The van der Waals surface area contributed by atoms with Gasteiger partial charge in [0.2, 0.25) is 0 Å². The van der Waals surface area contributed by atoms with E-state index in [1.165, 1.54) is 0 Å². The van der Waals surface area contributed by atoms with Crippen LogP contribution >= 0.6 is 0 Å². The molecular formula is C22H19NO2. The molecule has 0 saturated heterocycles. The first-order valence-electron chi connectivity index (χ1n) is 8.32. The van der Waals surface area contributed by atoms with E-state index in [9.17, 15) is 0 Å². The van der Waals surface area contributed by atoms with Crippen molar-refractivity contribution in [3.63, 3.8) is 0 Å². The van der Waals surface area contributed by atoms with E-state index in [0.29, 0.717) is 6.42 Å². The van der Waals surface area contributed by atoms with Crippen LogP contribution in [0.4, 0.5) is 0 Å².